The molecule has 25 heavy (non-hydrogen) atoms. The van der Waals surface area contributed by atoms with E-state index in [9.17, 15) is 4.79 Å². The van der Waals surface area contributed by atoms with Crippen molar-refractivity contribution in [3.05, 3.63) is 29.1 Å². The highest BCUT2D eigenvalue weighted by molar-refractivity contribution is 5.80. The van der Waals surface area contributed by atoms with Gasteiger partial charge >= 0.3 is 0 Å². The summed E-state index contributed by atoms with van der Waals surface area (Å²) in [5.74, 6) is 0.791. The maximum Gasteiger partial charge on any atom is 0.246 e. The van der Waals surface area contributed by atoms with Gasteiger partial charge in [0.25, 0.3) is 0 Å². The molecule has 1 atom stereocenters. The molecule has 1 aromatic carbocycles. The quantitative estimate of drug-likeness (QED) is 0.808. The van der Waals surface area contributed by atoms with Crippen LogP contribution in [0.25, 0.3) is 11.0 Å². The summed E-state index contributed by atoms with van der Waals surface area (Å²) in [6, 6.07) is 4.14. The molecule has 0 saturated carbocycles. The first kappa shape index (κ1) is 17.9. The molecule has 6 nitrogen and oxygen atoms in total. The molecule has 0 bridgehead atoms. The third-order valence-electron chi connectivity index (χ3n) is 4.72. The lowest BCUT2D eigenvalue weighted by atomic mass is 10.1. The first-order valence-electron chi connectivity index (χ1n) is 9.04. The van der Waals surface area contributed by atoms with Crippen molar-refractivity contribution in [1.82, 2.24) is 15.3 Å². The van der Waals surface area contributed by atoms with E-state index in [1.807, 2.05) is 6.07 Å². The predicted octanol–water partition coefficient (Wildman–Crippen LogP) is 2.42. The maximum absolute atomic E-state index is 11.8. The first-order valence-corrected chi connectivity index (χ1v) is 9.04. The van der Waals surface area contributed by atoms with Crippen LogP contribution in [0.3, 0.4) is 0 Å². The van der Waals surface area contributed by atoms with Gasteiger partial charge in [0.05, 0.1) is 23.7 Å². The average molecular weight is 345 g/mol. The van der Waals surface area contributed by atoms with E-state index in [0.717, 1.165) is 36.3 Å². The molecule has 0 aliphatic carbocycles. The number of fused-ring (bicyclic) bond motifs is 1. The number of amides is 1. The Morgan fingerprint density at radius 2 is 2.28 bits per heavy atom. The minimum atomic E-state index is -0.0982. The van der Waals surface area contributed by atoms with Gasteiger partial charge in [-0.25, -0.2) is 4.98 Å². The Hall–Kier alpha value is -1.92. The number of aromatic amines is 1. The van der Waals surface area contributed by atoms with Crippen molar-refractivity contribution >= 4 is 16.9 Å². The van der Waals surface area contributed by atoms with Gasteiger partial charge in [0.2, 0.25) is 5.91 Å². The summed E-state index contributed by atoms with van der Waals surface area (Å²) in [7, 11) is 0. The van der Waals surface area contributed by atoms with Gasteiger partial charge in [-0.3, -0.25) is 4.79 Å². The van der Waals surface area contributed by atoms with E-state index in [1.54, 1.807) is 0 Å². The van der Waals surface area contributed by atoms with E-state index >= 15 is 0 Å². The molecule has 136 valence electrons. The highest BCUT2D eigenvalue weighted by Crippen LogP contribution is 2.19. The van der Waals surface area contributed by atoms with Gasteiger partial charge in [0, 0.05) is 19.6 Å². The summed E-state index contributed by atoms with van der Waals surface area (Å²) in [6.07, 6.45) is 4.13. The van der Waals surface area contributed by atoms with E-state index in [2.05, 4.69) is 35.2 Å². The first-order chi connectivity index (χ1) is 12.1. The Kier molecular flexibility index (Phi) is 6.04. The van der Waals surface area contributed by atoms with E-state index in [-0.39, 0.29) is 18.6 Å². The van der Waals surface area contributed by atoms with Gasteiger partial charge in [0.15, 0.2) is 0 Å². The van der Waals surface area contributed by atoms with Crippen LogP contribution in [0.1, 0.15) is 36.2 Å². The van der Waals surface area contributed by atoms with Crippen LogP contribution in [0.4, 0.5) is 0 Å². The number of carbonyl (C=O) groups excluding carboxylic acids is 1. The van der Waals surface area contributed by atoms with Gasteiger partial charge in [-0.1, -0.05) is 6.07 Å². The number of benzene rings is 1. The number of aryl methyl sites for hydroxylation is 2. The smallest absolute Gasteiger partial charge is 0.246 e. The Morgan fingerprint density at radius 1 is 1.40 bits per heavy atom. The number of nitrogens with one attached hydrogen (secondary N) is 2. The molecule has 2 aromatic rings. The fourth-order valence-electron chi connectivity index (χ4n) is 3.08. The summed E-state index contributed by atoms with van der Waals surface area (Å²) in [5.41, 5.74) is 4.48. The van der Waals surface area contributed by atoms with E-state index in [0.29, 0.717) is 19.6 Å². The van der Waals surface area contributed by atoms with Crippen molar-refractivity contribution < 1.29 is 14.3 Å². The van der Waals surface area contributed by atoms with Gasteiger partial charge in [-0.2, -0.15) is 0 Å². The molecule has 2 heterocycles. The normalized spacial score (nSPS) is 17.8. The van der Waals surface area contributed by atoms with E-state index < -0.39 is 0 Å². The second-order valence-corrected chi connectivity index (χ2v) is 6.69. The maximum atomic E-state index is 11.8. The van der Waals surface area contributed by atoms with E-state index in [1.165, 1.54) is 17.5 Å². The van der Waals surface area contributed by atoms with Gasteiger partial charge in [-0.15, -0.1) is 0 Å². The largest absolute Gasteiger partial charge is 0.376 e. The standard InChI is InChI=1S/C19H27N3O3/c1-13-6-7-16-19(14(13)2)22-17(21-16)8-9-20-18(23)12-24-11-15-5-3-4-10-25-15/h6-7,15H,3-5,8-12H2,1-2H3,(H,20,23)(H,21,22)/t15-/m0/s1. The number of nitrogens with zero attached hydrogens (tertiary/aromatic N) is 1. The number of ether oxygens (including phenoxy) is 2. The van der Waals surface area contributed by atoms with Crippen LogP contribution in [0.15, 0.2) is 12.1 Å². The van der Waals surface area contributed by atoms with Crippen LogP contribution in [-0.2, 0) is 20.7 Å². The summed E-state index contributed by atoms with van der Waals surface area (Å²) in [5, 5.41) is 2.87. The Balaban J connectivity index is 1.38. The van der Waals surface area contributed by atoms with Crippen molar-refractivity contribution in [2.24, 2.45) is 0 Å². The molecule has 0 spiro atoms. The number of carbonyl (C=O) groups is 1. The highest BCUT2D eigenvalue weighted by atomic mass is 16.5. The minimum Gasteiger partial charge on any atom is -0.376 e. The molecule has 2 N–H and O–H groups in total. The molecule has 0 unspecified atom stereocenters. The topological polar surface area (TPSA) is 76.2 Å². The molecular formula is C19H27N3O3. The SMILES string of the molecule is Cc1ccc2[nH]c(CCNC(=O)COC[C@@H]3CCCCO3)nc2c1C. The predicted molar refractivity (Wildman–Crippen MR) is 96.7 cm³/mol. The molecular weight excluding hydrogens is 318 g/mol. The summed E-state index contributed by atoms with van der Waals surface area (Å²) < 4.78 is 11.0. The summed E-state index contributed by atoms with van der Waals surface area (Å²) in [6.45, 7) is 6.09. The van der Waals surface area contributed by atoms with Crippen molar-refractivity contribution in [2.75, 3.05) is 26.4 Å². The Bertz CT molecular complexity index is 720. The van der Waals surface area contributed by atoms with Crippen LogP contribution in [0.5, 0.6) is 0 Å². The number of H-pyrrole nitrogens is 1. The van der Waals surface area contributed by atoms with Gasteiger partial charge in [0.1, 0.15) is 12.4 Å². The Morgan fingerprint density at radius 3 is 3.08 bits per heavy atom. The number of imidazole rings is 1. The number of hydrogen-bond donors (Lipinski definition) is 2. The highest BCUT2D eigenvalue weighted by Gasteiger charge is 2.14. The number of aromatic nitrogens is 2. The molecule has 1 aliphatic rings. The summed E-state index contributed by atoms with van der Waals surface area (Å²) in [4.78, 5) is 19.8. The third-order valence-corrected chi connectivity index (χ3v) is 4.72. The lowest BCUT2D eigenvalue weighted by Crippen LogP contribution is -2.32. The summed E-state index contributed by atoms with van der Waals surface area (Å²) >= 11 is 0. The number of hydrogen-bond acceptors (Lipinski definition) is 4. The fraction of sp³-hybridized carbons (Fsp3) is 0.579. The molecule has 1 aromatic heterocycles. The van der Waals surface area contributed by atoms with E-state index in [4.69, 9.17) is 9.47 Å². The fourth-order valence-corrected chi connectivity index (χ4v) is 3.08. The zero-order chi connectivity index (χ0) is 17.6. The second-order valence-electron chi connectivity index (χ2n) is 6.69. The van der Waals surface area contributed by atoms with Crippen molar-refractivity contribution in [3.8, 4) is 0 Å². The molecule has 3 rings (SSSR count). The van der Waals surface area contributed by atoms with Crippen LogP contribution in [0.2, 0.25) is 0 Å². The minimum absolute atomic E-state index is 0.0816. The lowest BCUT2D eigenvalue weighted by Gasteiger charge is -2.22. The zero-order valence-corrected chi connectivity index (χ0v) is 15.1. The second kappa shape index (κ2) is 8.45. The molecule has 1 fully saturated rings. The van der Waals surface area contributed by atoms with Crippen molar-refractivity contribution in [1.29, 1.82) is 0 Å². The van der Waals surface area contributed by atoms with Gasteiger partial charge < -0.3 is 19.8 Å². The van der Waals surface area contributed by atoms with Crippen LogP contribution < -0.4 is 5.32 Å². The monoisotopic (exact) mass is 345 g/mol. The molecule has 1 amide bonds. The van der Waals surface area contributed by atoms with Crippen LogP contribution in [-0.4, -0.2) is 48.3 Å². The van der Waals surface area contributed by atoms with Crippen molar-refractivity contribution in [3.63, 3.8) is 0 Å². The van der Waals surface area contributed by atoms with Gasteiger partial charge in [-0.05, 0) is 50.3 Å². The average Bonchev–Trinajstić information content (AvgIpc) is 3.03. The molecule has 0 radical (unpaired) electrons. The molecule has 1 aliphatic heterocycles. The Labute approximate surface area is 148 Å². The number of rotatable bonds is 7. The molecule has 1 saturated heterocycles. The molecule has 6 heteroatoms. The van der Waals surface area contributed by atoms with Crippen LogP contribution in [0, 0.1) is 13.8 Å². The zero-order valence-electron chi connectivity index (χ0n) is 15.1. The third kappa shape index (κ3) is 4.80. The van der Waals surface area contributed by atoms with Crippen molar-refractivity contribution in [2.45, 2.75) is 45.6 Å². The van der Waals surface area contributed by atoms with Crippen LogP contribution >= 0.6 is 0 Å². The lowest BCUT2D eigenvalue weighted by molar-refractivity contribution is -0.127.